The topological polar surface area (TPSA) is 66.5 Å². The third-order valence-electron chi connectivity index (χ3n) is 1.87. The smallest absolute Gasteiger partial charge is 0.105 e. The van der Waals surface area contributed by atoms with Crippen LogP contribution >= 0.6 is 0 Å². The van der Waals surface area contributed by atoms with Crippen molar-refractivity contribution in [2.75, 3.05) is 0 Å². The van der Waals surface area contributed by atoms with Crippen LogP contribution in [0, 0.1) is 0 Å². The van der Waals surface area contributed by atoms with Gasteiger partial charge >= 0.3 is 0 Å². The van der Waals surface area contributed by atoms with Crippen molar-refractivity contribution in [3.8, 4) is 0 Å². The minimum Gasteiger partial charge on any atom is -0.511 e. The zero-order valence-electron chi connectivity index (χ0n) is 7.22. The Balaban J connectivity index is 2.79. The summed E-state index contributed by atoms with van der Waals surface area (Å²) in [5.41, 5.74) is 6.16. The Hall–Kier alpha value is -1.32. The molecule has 0 saturated carbocycles. The van der Waals surface area contributed by atoms with Crippen molar-refractivity contribution in [1.82, 2.24) is 0 Å². The van der Waals surface area contributed by atoms with Crippen molar-refractivity contribution in [2.24, 2.45) is 5.73 Å². The molecule has 0 fully saturated rings. The Kier molecular flexibility index (Phi) is 3.06. The second kappa shape index (κ2) is 4.07. The SMILES string of the molecule is C=C(O)[C@@H](N)[C@H](O)c1ccccc1. The summed E-state index contributed by atoms with van der Waals surface area (Å²) in [7, 11) is 0. The molecule has 0 unspecified atom stereocenters. The maximum Gasteiger partial charge on any atom is 0.105 e. The van der Waals surface area contributed by atoms with E-state index in [1.54, 1.807) is 24.3 Å². The van der Waals surface area contributed by atoms with Crippen molar-refractivity contribution in [3.63, 3.8) is 0 Å². The van der Waals surface area contributed by atoms with Crippen molar-refractivity contribution in [1.29, 1.82) is 0 Å². The fourth-order valence-corrected chi connectivity index (χ4v) is 1.04. The lowest BCUT2D eigenvalue weighted by atomic mass is 10.0. The molecule has 0 amide bonds. The minimum atomic E-state index is -0.904. The summed E-state index contributed by atoms with van der Waals surface area (Å²) in [4.78, 5) is 0. The van der Waals surface area contributed by atoms with Crippen molar-refractivity contribution in [2.45, 2.75) is 12.1 Å². The lowest BCUT2D eigenvalue weighted by Crippen LogP contribution is -2.29. The van der Waals surface area contributed by atoms with Crippen molar-refractivity contribution < 1.29 is 10.2 Å². The number of nitrogens with two attached hydrogens (primary N) is 1. The first-order valence-electron chi connectivity index (χ1n) is 3.99. The number of benzene rings is 1. The minimum absolute atomic E-state index is 0.212. The molecule has 0 heterocycles. The van der Waals surface area contributed by atoms with Crippen LogP contribution < -0.4 is 5.73 Å². The summed E-state index contributed by atoms with van der Waals surface area (Å²) in [6, 6.07) is 8.09. The fraction of sp³-hybridized carbons (Fsp3) is 0.200. The van der Waals surface area contributed by atoms with Gasteiger partial charge in [-0.3, -0.25) is 0 Å². The zero-order chi connectivity index (χ0) is 9.84. The van der Waals surface area contributed by atoms with Crippen LogP contribution in [0.3, 0.4) is 0 Å². The van der Waals surface area contributed by atoms with Gasteiger partial charge in [0.1, 0.15) is 11.9 Å². The highest BCUT2D eigenvalue weighted by Gasteiger charge is 2.18. The Morgan fingerprint density at radius 1 is 1.31 bits per heavy atom. The summed E-state index contributed by atoms with van der Waals surface area (Å²) >= 11 is 0. The van der Waals surface area contributed by atoms with E-state index in [4.69, 9.17) is 10.8 Å². The van der Waals surface area contributed by atoms with E-state index in [9.17, 15) is 5.11 Å². The quantitative estimate of drug-likeness (QED) is 0.609. The van der Waals surface area contributed by atoms with E-state index in [1.165, 1.54) is 0 Å². The maximum atomic E-state index is 9.61. The average molecular weight is 179 g/mol. The van der Waals surface area contributed by atoms with E-state index < -0.39 is 12.1 Å². The van der Waals surface area contributed by atoms with Gasteiger partial charge in [0.05, 0.1) is 6.04 Å². The van der Waals surface area contributed by atoms with Crippen LogP contribution in [0.1, 0.15) is 11.7 Å². The van der Waals surface area contributed by atoms with Gasteiger partial charge in [0, 0.05) is 0 Å². The molecule has 0 saturated heterocycles. The van der Waals surface area contributed by atoms with Gasteiger partial charge in [0.15, 0.2) is 0 Å². The van der Waals surface area contributed by atoms with Crippen LogP contribution in [0.25, 0.3) is 0 Å². The van der Waals surface area contributed by atoms with E-state index in [0.29, 0.717) is 5.56 Å². The Morgan fingerprint density at radius 2 is 1.85 bits per heavy atom. The van der Waals surface area contributed by atoms with Crippen LogP contribution in [0.4, 0.5) is 0 Å². The molecule has 2 atom stereocenters. The molecule has 3 heteroatoms. The van der Waals surface area contributed by atoms with Crippen LogP contribution in [-0.2, 0) is 0 Å². The van der Waals surface area contributed by atoms with Crippen LogP contribution in [0.2, 0.25) is 0 Å². The molecule has 13 heavy (non-hydrogen) atoms. The molecule has 0 aliphatic rings. The lowest BCUT2D eigenvalue weighted by molar-refractivity contribution is 0.139. The number of rotatable bonds is 3. The zero-order valence-corrected chi connectivity index (χ0v) is 7.22. The summed E-state index contributed by atoms with van der Waals surface area (Å²) < 4.78 is 0. The predicted molar refractivity (Wildman–Crippen MR) is 51.1 cm³/mol. The summed E-state index contributed by atoms with van der Waals surface area (Å²) in [5.74, 6) is -0.212. The largest absolute Gasteiger partial charge is 0.511 e. The standard InChI is InChI=1S/C10H13NO2/c1-7(12)9(11)10(13)8-5-3-2-4-6-8/h2-6,9-10,12-13H,1,11H2/t9-,10-/m1/s1. The van der Waals surface area contributed by atoms with E-state index in [1.807, 2.05) is 6.07 Å². The molecule has 3 nitrogen and oxygen atoms in total. The number of hydrogen-bond acceptors (Lipinski definition) is 3. The highest BCUT2D eigenvalue weighted by molar-refractivity contribution is 5.20. The molecule has 0 aliphatic carbocycles. The molecule has 1 aromatic carbocycles. The molecule has 4 N–H and O–H groups in total. The number of aliphatic hydroxyl groups excluding tert-OH is 2. The Labute approximate surface area is 77.1 Å². The van der Waals surface area contributed by atoms with Gasteiger partial charge in [-0.05, 0) is 5.56 Å². The van der Waals surface area contributed by atoms with E-state index >= 15 is 0 Å². The van der Waals surface area contributed by atoms with Crippen LogP contribution in [0.5, 0.6) is 0 Å². The van der Waals surface area contributed by atoms with Gasteiger partial charge < -0.3 is 15.9 Å². The second-order valence-corrected chi connectivity index (χ2v) is 2.87. The molecule has 0 aromatic heterocycles. The molecule has 1 aromatic rings. The van der Waals surface area contributed by atoms with Gasteiger partial charge in [0.2, 0.25) is 0 Å². The summed E-state index contributed by atoms with van der Waals surface area (Å²) in [5, 5.41) is 18.6. The molecule has 0 spiro atoms. The highest BCUT2D eigenvalue weighted by atomic mass is 16.3. The summed E-state index contributed by atoms with van der Waals surface area (Å²) in [6.07, 6.45) is -0.904. The predicted octanol–water partition coefficient (Wildman–Crippen LogP) is 1.12. The van der Waals surface area contributed by atoms with Gasteiger partial charge in [-0.1, -0.05) is 36.9 Å². The first-order valence-corrected chi connectivity index (χ1v) is 3.99. The van der Waals surface area contributed by atoms with Gasteiger partial charge in [-0.25, -0.2) is 0 Å². The molecule has 0 bridgehead atoms. The van der Waals surface area contributed by atoms with E-state index in [2.05, 4.69) is 6.58 Å². The second-order valence-electron chi connectivity index (χ2n) is 2.87. The molecular weight excluding hydrogens is 166 g/mol. The maximum absolute atomic E-state index is 9.61. The first kappa shape index (κ1) is 9.77. The molecule has 1 rings (SSSR count). The third-order valence-corrected chi connectivity index (χ3v) is 1.87. The van der Waals surface area contributed by atoms with Gasteiger partial charge in [-0.15, -0.1) is 0 Å². The summed E-state index contributed by atoms with van der Waals surface area (Å²) in [6.45, 7) is 3.27. The normalized spacial score (nSPS) is 14.9. The van der Waals surface area contributed by atoms with Crippen molar-refractivity contribution >= 4 is 0 Å². The average Bonchev–Trinajstić information content (AvgIpc) is 2.17. The first-order chi connectivity index (χ1) is 6.13. The lowest BCUT2D eigenvalue weighted by Gasteiger charge is -2.17. The molecular formula is C10H13NO2. The van der Waals surface area contributed by atoms with Crippen LogP contribution in [0.15, 0.2) is 42.7 Å². The fourth-order valence-electron chi connectivity index (χ4n) is 1.04. The Bertz CT molecular complexity index is 284. The Morgan fingerprint density at radius 3 is 2.31 bits per heavy atom. The number of aliphatic hydroxyl groups is 2. The molecule has 0 radical (unpaired) electrons. The van der Waals surface area contributed by atoms with E-state index in [-0.39, 0.29) is 5.76 Å². The molecule has 70 valence electrons. The van der Waals surface area contributed by atoms with Gasteiger partial charge in [-0.2, -0.15) is 0 Å². The molecule has 0 aliphatic heterocycles. The number of hydrogen-bond donors (Lipinski definition) is 3. The van der Waals surface area contributed by atoms with E-state index in [0.717, 1.165) is 0 Å². The monoisotopic (exact) mass is 179 g/mol. The highest BCUT2D eigenvalue weighted by Crippen LogP contribution is 2.17. The third kappa shape index (κ3) is 2.31. The van der Waals surface area contributed by atoms with Crippen molar-refractivity contribution in [3.05, 3.63) is 48.2 Å². The van der Waals surface area contributed by atoms with Crippen LogP contribution in [-0.4, -0.2) is 16.3 Å². The van der Waals surface area contributed by atoms with Gasteiger partial charge in [0.25, 0.3) is 0 Å².